The first-order valence-corrected chi connectivity index (χ1v) is 13.0. The van der Waals surface area contributed by atoms with Gasteiger partial charge in [0.1, 0.15) is 11.5 Å². The molecule has 5 heteroatoms. The molecule has 0 saturated carbocycles. The largest absolute Gasteiger partial charge is 0.456 e. The fourth-order valence-corrected chi connectivity index (χ4v) is 5.97. The number of nitrogens with zero attached hydrogens (tertiary/aromatic N) is 1. The maximum Gasteiger partial charge on any atom is 0.340 e. The molecule has 1 fully saturated rings. The van der Waals surface area contributed by atoms with Crippen molar-refractivity contribution < 1.29 is 14.3 Å². The minimum absolute atomic E-state index is 0.312. The number of para-hydroxylation sites is 1. The minimum Gasteiger partial charge on any atom is -0.456 e. The molecule has 1 unspecified atom stereocenters. The van der Waals surface area contributed by atoms with Gasteiger partial charge in [-0.3, -0.25) is 0 Å². The van der Waals surface area contributed by atoms with Crippen molar-refractivity contribution in [3.05, 3.63) is 113 Å². The number of esters is 1. The van der Waals surface area contributed by atoms with E-state index in [1.54, 1.807) is 0 Å². The van der Waals surface area contributed by atoms with E-state index in [1.807, 2.05) is 60.7 Å². The average molecular weight is 489 g/mol. The van der Waals surface area contributed by atoms with Gasteiger partial charge in [0.2, 0.25) is 0 Å². The summed E-state index contributed by atoms with van der Waals surface area (Å²) in [6.07, 6.45) is 3.68. The standard InChI is InChI=1S/C32H28N2O3/c1-21-18-29-27(20-28(21)33-22-10-4-2-5-11-22)32(25-13-7-6-12-24(25)31(35)37-32)26-15-14-23(19-30(26)36-29)34-16-8-3-9-17-34/h2,4-7,10-15,18-20,33H,3,8-9,16-17H2,1H3. The van der Waals surface area contributed by atoms with Crippen LogP contribution in [0.3, 0.4) is 0 Å². The first-order valence-electron chi connectivity index (χ1n) is 13.0. The number of aryl methyl sites for hydroxylation is 1. The van der Waals surface area contributed by atoms with Gasteiger partial charge in [0, 0.05) is 52.9 Å². The van der Waals surface area contributed by atoms with Gasteiger partial charge in [-0.25, -0.2) is 4.79 Å². The Morgan fingerprint density at radius 1 is 0.784 bits per heavy atom. The minimum atomic E-state index is -1.07. The summed E-state index contributed by atoms with van der Waals surface area (Å²) in [5.74, 6) is 1.14. The smallest absolute Gasteiger partial charge is 0.340 e. The van der Waals surface area contributed by atoms with E-state index in [0.29, 0.717) is 11.3 Å². The zero-order chi connectivity index (χ0) is 25.0. The third-order valence-electron chi connectivity index (χ3n) is 7.82. The Labute approximate surface area is 216 Å². The number of carbonyl (C=O) groups is 1. The molecule has 4 aromatic carbocycles. The van der Waals surface area contributed by atoms with Crippen molar-refractivity contribution >= 4 is 23.0 Å². The number of nitrogens with one attached hydrogen (secondary N) is 1. The number of anilines is 3. The Balaban J connectivity index is 1.42. The Bertz CT molecular complexity index is 1520. The first-order chi connectivity index (χ1) is 18.1. The SMILES string of the molecule is Cc1cc2c(cc1Nc1ccccc1)C1(OC(=O)c3ccccc31)c1ccc(N3CCCCC3)cc1O2. The topological polar surface area (TPSA) is 50.8 Å². The van der Waals surface area contributed by atoms with E-state index in [9.17, 15) is 4.79 Å². The average Bonchev–Trinajstić information content (AvgIpc) is 3.23. The van der Waals surface area contributed by atoms with Gasteiger partial charge in [-0.1, -0.05) is 36.4 Å². The van der Waals surface area contributed by atoms with E-state index in [-0.39, 0.29) is 5.97 Å². The van der Waals surface area contributed by atoms with Crippen LogP contribution in [0.2, 0.25) is 0 Å². The van der Waals surface area contributed by atoms with E-state index in [1.165, 1.54) is 19.3 Å². The zero-order valence-electron chi connectivity index (χ0n) is 20.8. The van der Waals surface area contributed by atoms with Gasteiger partial charge in [0.25, 0.3) is 0 Å². The Morgan fingerprint density at radius 2 is 1.54 bits per heavy atom. The summed E-state index contributed by atoms with van der Waals surface area (Å²) >= 11 is 0. The molecule has 184 valence electrons. The number of hydrogen-bond donors (Lipinski definition) is 1. The fraction of sp³-hybridized carbons (Fsp3) is 0.219. The molecule has 0 radical (unpaired) electrons. The molecule has 1 atom stereocenters. The van der Waals surface area contributed by atoms with E-state index in [4.69, 9.17) is 9.47 Å². The normalized spacial score (nSPS) is 19.5. The maximum absolute atomic E-state index is 13.2. The van der Waals surface area contributed by atoms with Gasteiger partial charge in [-0.05, 0) is 74.2 Å². The van der Waals surface area contributed by atoms with Crippen molar-refractivity contribution in [3.8, 4) is 11.5 Å². The van der Waals surface area contributed by atoms with Crippen LogP contribution in [0.4, 0.5) is 17.1 Å². The molecule has 0 aromatic heterocycles. The lowest BCUT2D eigenvalue weighted by Gasteiger charge is -2.38. The molecule has 5 nitrogen and oxygen atoms in total. The lowest BCUT2D eigenvalue weighted by molar-refractivity contribution is 0.0224. The van der Waals surface area contributed by atoms with E-state index in [0.717, 1.165) is 58.2 Å². The molecule has 1 N–H and O–H groups in total. The predicted octanol–water partition coefficient (Wildman–Crippen LogP) is 7.30. The van der Waals surface area contributed by atoms with Gasteiger partial charge in [-0.15, -0.1) is 0 Å². The number of carbonyl (C=O) groups excluding carboxylic acids is 1. The lowest BCUT2D eigenvalue weighted by atomic mass is 9.77. The number of rotatable bonds is 3. The van der Waals surface area contributed by atoms with Crippen LogP contribution in [0, 0.1) is 6.92 Å². The van der Waals surface area contributed by atoms with Gasteiger partial charge in [-0.2, -0.15) is 0 Å². The molecule has 0 amide bonds. The number of fused-ring (bicyclic) bond motifs is 6. The van der Waals surface area contributed by atoms with Gasteiger partial charge in [0.15, 0.2) is 5.60 Å². The molecule has 1 spiro atoms. The summed E-state index contributed by atoms with van der Waals surface area (Å²) in [5, 5.41) is 3.54. The second-order valence-electron chi connectivity index (χ2n) is 10.1. The van der Waals surface area contributed by atoms with E-state index >= 15 is 0 Å². The second-order valence-corrected chi connectivity index (χ2v) is 10.1. The molecule has 3 aliphatic heterocycles. The van der Waals surface area contributed by atoms with Crippen molar-refractivity contribution in [3.63, 3.8) is 0 Å². The third-order valence-corrected chi connectivity index (χ3v) is 7.82. The summed E-state index contributed by atoms with van der Waals surface area (Å²) in [6.45, 7) is 4.16. The molecular weight excluding hydrogens is 460 g/mol. The van der Waals surface area contributed by atoms with Crippen LogP contribution in [0.1, 0.15) is 51.9 Å². The first kappa shape index (κ1) is 22.0. The monoisotopic (exact) mass is 488 g/mol. The van der Waals surface area contributed by atoms with Crippen LogP contribution in [-0.2, 0) is 10.3 Å². The summed E-state index contributed by atoms with van der Waals surface area (Å²) in [7, 11) is 0. The Hall–Kier alpha value is -4.25. The molecule has 1 saturated heterocycles. The summed E-state index contributed by atoms with van der Waals surface area (Å²) in [4.78, 5) is 15.6. The number of piperidine rings is 1. The summed E-state index contributed by atoms with van der Waals surface area (Å²) in [6, 6.07) is 28.3. The van der Waals surface area contributed by atoms with Gasteiger partial charge < -0.3 is 19.7 Å². The maximum atomic E-state index is 13.2. The van der Waals surface area contributed by atoms with Crippen LogP contribution in [0.25, 0.3) is 0 Å². The molecular formula is C32H28N2O3. The van der Waals surface area contributed by atoms with Crippen LogP contribution < -0.4 is 15.0 Å². The Morgan fingerprint density at radius 3 is 2.38 bits per heavy atom. The van der Waals surface area contributed by atoms with Crippen LogP contribution in [0.5, 0.6) is 11.5 Å². The van der Waals surface area contributed by atoms with Crippen LogP contribution in [-0.4, -0.2) is 19.1 Å². The quantitative estimate of drug-likeness (QED) is 0.307. The third kappa shape index (κ3) is 3.41. The van der Waals surface area contributed by atoms with Gasteiger partial charge >= 0.3 is 5.97 Å². The Kier molecular flexibility index (Phi) is 5.00. The molecule has 3 aliphatic rings. The molecule has 7 rings (SSSR count). The van der Waals surface area contributed by atoms with Crippen LogP contribution >= 0.6 is 0 Å². The highest BCUT2D eigenvalue weighted by atomic mass is 16.6. The predicted molar refractivity (Wildman–Crippen MR) is 145 cm³/mol. The lowest BCUT2D eigenvalue weighted by Crippen LogP contribution is -2.34. The van der Waals surface area contributed by atoms with Crippen molar-refractivity contribution in [1.82, 2.24) is 0 Å². The highest BCUT2D eigenvalue weighted by Gasteiger charge is 2.53. The molecule has 37 heavy (non-hydrogen) atoms. The van der Waals surface area contributed by atoms with Crippen molar-refractivity contribution in [2.75, 3.05) is 23.3 Å². The second kappa shape index (κ2) is 8.41. The molecule has 4 aromatic rings. The molecule has 0 aliphatic carbocycles. The van der Waals surface area contributed by atoms with Crippen molar-refractivity contribution in [2.45, 2.75) is 31.8 Å². The zero-order valence-corrected chi connectivity index (χ0v) is 20.8. The summed E-state index contributed by atoms with van der Waals surface area (Å²) in [5.41, 5.74) is 6.19. The molecule has 0 bridgehead atoms. The fourth-order valence-electron chi connectivity index (χ4n) is 5.97. The number of benzene rings is 4. The van der Waals surface area contributed by atoms with E-state index in [2.05, 4.69) is 41.4 Å². The number of ether oxygens (including phenoxy) is 2. The molecule has 3 heterocycles. The van der Waals surface area contributed by atoms with Crippen molar-refractivity contribution in [1.29, 1.82) is 0 Å². The summed E-state index contributed by atoms with van der Waals surface area (Å²) < 4.78 is 13.0. The highest BCUT2D eigenvalue weighted by Crippen LogP contribution is 2.57. The number of hydrogen-bond acceptors (Lipinski definition) is 5. The highest BCUT2D eigenvalue weighted by molar-refractivity contribution is 5.97. The van der Waals surface area contributed by atoms with Crippen LogP contribution in [0.15, 0.2) is 84.9 Å². The van der Waals surface area contributed by atoms with Gasteiger partial charge in [0.05, 0.1) is 5.56 Å². The van der Waals surface area contributed by atoms with E-state index < -0.39 is 5.60 Å². The van der Waals surface area contributed by atoms with Crippen molar-refractivity contribution in [2.24, 2.45) is 0 Å².